The molecule has 0 saturated carbocycles. The Morgan fingerprint density at radius 3 is 2.74 bits per heavy atom. The van der Waals surface area contributed by atoms with Crippen molar-refractivity contribution in [2.75, 3.05) is 11.1 Å². The molecule has 1 unspecified atom stereocenters. The van der Waals surface area contributed by atoms with E-state index in [2.05, 4.69) is 42.1 Å². The Morgan fingerprint density at radius 2 is 1.94 bits per heavy atom. The largest absolute Gasteiger partial charge is 0.382 e. The Kier molecular flexibility index (Phi) is 5.52. The van der Waals surface area contributed by atoms with Crippen LogP contribution in [-0.4, -0.2) is 24.9 Å². The topological polar surface area (TPSA) is 122 Å². The molecule has 0 aliphatic rings. The maximum absolute atomic E-state index is 12.5. The molecule has 3 heterocycles. The number of nitrogen functional groups attached to an aromatic ring is 1. The van der Waals surface area contributed by atoms with Gasteiger partial charge in [0, 0.05) is 5.69 Å². The maximum Gasteiger partial charge on any atom is 0.260 e. The smallest absolute Gasteiger partial charge is 0.260 e. The van der Waals surface area contributed by atoms with Gasteiger partial charge < -0.3 is 16.0 Å². The molecule has 1 atom stereocenters. The van der Waals surface area contributed by atoms with Gasteiger partial charge in [0.15, 0.2) is 0 Å². The van der Waals surface area contributed by atoms with E-state index in [1.165, 1.54) is 6.33 Å². The third kappa shape index (κ3) is 4.32. The molecule has 0 amide bonds. The Balaban J connectivity index is 1.68. The number of nitrogens with one attached hydrogen (secondary N) is 2. The minimum Gasteiger partial charge on any atom is -0.382 e. The van der Waals surface area contributed by atoms with E-state index in [0.717, 1.165) is 5.69 Å². The van der Waals surface area contributed by atoms with Gasteiger partial charge >= 0.3 is 0 Å². The van der Waals surface area contributed by atoms with Crippen molar-refractivity contribution >= 4 is 34.1 Å². The van der Waals surface area contributed by atoms with E-state index in [4.69, 9.17) is 17.3 Å². The second-order valence-electron chi connectivity index (χ2n) is 6.85. The van der Waals surface area contributed by atoms with E-state index >= 15 is 0 Å². The quantitative estimate of drug-likeness (QED) is 0.425. The van der Waals surface area contributed by atoms with Crippen LogP contribution in [0.4, 0.5) is 11.6 Å². The first-order valence-electron chi connectivity index (χ1n) is 9.43. The summed E-state index contributed by atoms with van der Waals surface area (Å²) in [5.74, 6) is 7.07. The van der Waals surface area contributed by atoms with Gasteiger partial charge in [0.05, 0.1) is 22.0 Å². The fraction of sp³-hybridized carbons (Fsp3) is 0.136. The van der Waals surface area contributed by atoms with Crippen LogP contribution >= 0.6 is 11.6 Å². The molecule has 4 aromatic rings. The molecule has 0 aliphatic heterocycles. The van der Waals surface area contributed by atoms with Crippen molar-refractivity contribution in [2.45, 2.75) is 19.9 Å². The van der Waals surface area contributed by atoms with Crippen molar-refractivity contribution in [2.24, 2.45) is 0 Å². The highest BCUT2D eigenvalue weighted by Gasteiger charge is 2.15. The molecule has 0 radical (unpaired) electrons. The van der Waals surface area contributed by atoms with Crippen LogP contribution in [0.15, 0.2) is 47.5 Å². The molecule has 1 aromatic carbocycles. The number of H-pyrrole nitrogens is 1. The van der Waals surface area contributed by atoms with Crippen molar-refractivity contribution in [3.05, 3.63) is 80.9 Å². The lowest BCUT2D eigenvalue weighted by atomic mass is 10.2. The number of aryl methyl sites for hydroxylation is 1. The minimum absolute atomic E-state index is 0.233. The average molecular weight is 432 g/mol. The number of nitrogens with two attached hydrogens (primary N) is 1. The fourth-order valence-corrected chi connectivity index (χ4v) is 3.27. The van der Waals surface area contributed by atoms with Crippen LogP contribution in [-0.2, 0) is 0 Å². The number of hydrogen-bond donors (Lipinski definition) is 3. The van der Waals surface area contributed by atoms with Gasteiger partial charge in [-0.15, -0.1) is 0 Å². The highest BCUT2D eigenvalue weighted by atomic mass is 35.5. The molecular weight excluding hydrogens is 414 g/mol. The standard InChI is InChI=1S/C22H18ClN7O/c1-12-5-3-6-14(27-12)9-10-15-19(24)25-11-26-21(15)28-13(2)20-29-17-8-4-7-16(23)18(17)22(31)30-20/h3-8,11,13H,1-2H3,(H,29,30,31)(H3,24,25,26,28). The molecular formula is C22H18ClN7O. The van der Waals surface area contributed by atoms with E-state index in [9.17, 15) is 4.79 Å². The predicted molar refractivity (Wildman–Crippen MR) is 121 cm³/mol. The number of benzene rings is 1. The predicted octanol–water partition coefficient (Wildman–Crippen LogP) is 3.23. The van der Waals surface area contributed by atoms with E-state index in [0.29, 0.717) is 38.8 Å². The SMILES string of the molecule is Cc1cccc(C#Cc2c(N)ncnc2NC(C)c2nc3cccc(Cl)c3c(=O)[nH]2)n1. The summed E-state index contributed by atoms with van der Waals surface area (Å²) in [6.07, 6.45) is 1.34. The highest BCUT2D eigenvalue weighted by Crippen LogP contribution is 2.23. The number of aromatic amines is 1. The number of hydrogen-bond acceptors (Lipinski definition) is 7. The van der Waals surface area contributed by atoms with Crippen molar-refractivity contribution < 1.29 is 0 Å². The lowest BCUT2D eigenvalue weighted by molar-refractivity contribution is 0.784. The summed E-state index contributed by atoms with van der Waals surface area (Å²) in [5, 5.41) is 3.90. The second kappa shape index (κ2) is 8.42. The van der Waals surface area contributed by atoms with E-state index in [-0.39, 0.29) is 11.4 Å². The molecule has 0 bridgehead atoms. The number of anilines is 2. The van der Waals surface area contributed by atoms with E-state index in [1.807, 2.05) is 32.0 Å². The van der Waals surface area contributed by atoms with Crippen LogP contribution in [0.1, 0.15) is 35.7 Å². The summed E-state index contributed by atoms with van der Waals surface area (Å²) >= 11 is 6.13. The lowest BCUT2D eigenvalue weighted by Gasteiger charge is -2.16. The summed E-state index contributed by atoms with van der Waals surface area (Å²) in [7, 11) is 0. The Labute approximate surface area is 183 Å². The lowest BCUT2D eigenvalue weighted by Crippen LogP contribution is -2.19. The Bertz CT molecular complexity index is 1400. The Morgan fingerprint density at radius 1 is 1.13 bits per heavy atom. The van der Waals surface area contributed by atoms with Crippen LogP contribution in [0.2, 0.25) is 5.02 Å². The number of rotatable bonds is 3. The molecule has 154 valence electrons. The van der Waals surface area contributed by atoms with Gasteiger partial charge in [0.25, 0.3) is 5.56 Å². The summed E-state index contributed by atoms with van der Waals surface area (Å²) in [5.41, 5.74) is 8.15. The second-order valence-corrected chi connectivity index (χ2v) is 7.26. The monoisotopic (exact) mass is 431 g/mol. The van der Waals surface area contributed by atoms with Crippen LogP contribution in [0, 0.1) is 18.8 Å². The highest BCUT2D eigenvalue weighted by molar-refractivity contribution is 6.35. The van der Waals surface area contributed by atoms with Crippen molar-refractivity contribution in [1.82, 2.24) is 24.9 Å². The van der Waals surface area contributed by atoms with Gasteiger partial charge in [0.1, 0.15) is 35.0 Å². The average Bonchev–Trinajstić information content (AvgIpc) is 2.73. The zero-order valence-corrected chi connectivity index (χ0v) is 17.5. The molecule has 31 heavy (non-hydrogen) atoms. The first kappa shape index (κ1) is 20.3. The summed E-state index contributed by atoms with van der Waals surface area (Å²) in [4.78, 5) is 32.5. The number of nitrogens with zero attached hydrogens (tertiary/aromatic N) is 4. The first-order chi connectivity index (χ1) is 14.9. The number of fused-ring (bicyclic) bond motifs is 1. The molecule has 9 heteroatoms. The van der Waals surface area contributed by atoms with Crippen molar-refractivity contribution in [3.63, 3.8) is 0 Å². The minimum atomic E-state index is -0.400. The van der Waals surface area contributed by atoms with Crippen LogP contribution in [0.3, 0.4) is 0 Å². The van der Waals surface area contributed by atoms with Crippen LogP contribution < -0.4 is 16.6 Å². The number of aromatic nitrogens is 5. The zero-order chi connectivity index (χ0) is 22.0. The molecule has 0 aliphatic carbocycles. The van der Waals surface area contributed by atoms with Gasteiger partial charge in [-0.1, -0.05) is 29.7 Å². The summed E-state index contributed by atoms with van der Waals surface area (Å²) in [6.45, 7) is 3.73. The third-order valence-electron chi connectivity index (χ3n) is 4.55. The molecule has 4 rings (SSSR count). The summed E-state index contributed by atoms with van der Waals surface area (Å²) in [6, 6.07) is 10.3. The van der Waals surface area contributed by atoms with Crippen LogP contribution in [0.5, 0.6) is 0 Å². The van der Waals surface area contributed by atoms with Gasteiger partial charge in [-0.2, -0.15) is 0 Å². The van der Waals surface area contributed by atoms with E-state index < -0.39 is 6.04 Å². The van der Waals surface area contributed by atoms with Gasteiger partial charge in [-0.25, -0.2) is 19.9 Å². The van der Waals surface area contributed by atoms with E-state index in [1.54, 1.807) is 18.2 Å². The van der Waals surface area contributed by atoms with Crippen molar-refractivity contribution in [1.29, 1.82) is 0 Å². The van der Waals surface area contributed by atoms with Gasteiger partial charge in [0.2, 0.25) is 0 Å². The zero-order valence-electron chi connectivity index (χ0n) is 16.8. The molecule has 0 spiro atoms. The Hall–Kier alpha value is -3.96. The first-order valence-corrected chi connectivity index (χ1v) is 9.81. The molecule has 3 aromatic heterocycles. The van der Waals surface area contributed by atoms with Crippen LogP contribution in [0.25, 0.3) is 10.9 Å². The van der Waals surface area contributed by atoms with Crippen molar-refractivity contribution in [3.8, 4) is 11.8 Å². The molecule has 4 N–H and O–H groups in total. The maximum atomic E-state index is 12.5. The van der Waals surface area contributed by atoms with Gasteiger partial charge in [-0.3, -0.25) is 4.79 Å². The molecule has 0 fully saturated rings. The fourth-order valence-electron chi connectivity index (χ4n) is 3.02. The molecule has 8 nitrogen and oxygen atoms in total. The normalized spacial score (nSPS) is 11.6. The molecule has 0 saturated heterocycles. The van der Waals surface area contributed by atoms with Gasteiger partial charge in [-0.05, 0) is 44.0 Å². The summed E-state index contributed by atoms with van der Waals surface area (Å²) < 4.78 is 0. The number of halogens is 1. The number of pyridine rings is 1. The third-order valence-corrected chi connectivity index (χ3v) is 4.86.